The second-order valence-electron chi connectivity index (χ2n) is 7.53. The first-order valence-electron chi connectivity index (χ1n) is 9.64. The van der Waals surface area contributed by atoms with Gasteiger partial charge in [0.2, 0.25) is 23.6 Å². The van der Waals surface area contributed by atoms with Crippen LogP contribution in [0.1, 0.15) is 46.5 Å². The summed E-state index contributed by atoms with van der Waals surface area (Å²) >= 11 is 0. The van der Waals surface area contributed by atoms with Gasteiger partial charge in [0.25, 0.3) is 0 Å². The van der Waals surface area contributed by atoms with E-state index in [0.29, 0.717) is 0 Å². The summed E-state index contributed by atoms with van der Waals surface area (Å²) in [6, 6.07) is -5.03. The van der Waals surface area contributed by atoms with Gasteiger partial charge < -0.3 is 37.6 Å². The Balaban J connectivity index is 5.42. The number of nitrogens with one attached hydrogen (secondary N) is 3. The molecule has 0 aromatic heterocycles. The molecular weight excluding hydrogens is 414 g/mol. The quantitative estimate of drug-likeness (QED) is 0.151. The smallest absolute Gasteiger partial charge is 0.325 e. The van der Waals surface area contributed by atoms with Gasteiger partial charge in [0, 0.05) is 6.42 Å². The highest BCUT2D eigenvalue weighted by atomic mass is 16.4. The van der Waals surface area contributed by atoms with Crippen LogP contribution in [0.25, 0.3) is 0 Å². The van der Waals surface area contributed by atoms with Crippen LogP contribution in [-0.4, -0.2) is 69.9 Å². The molecule has 0 aliphatic carbocycles. The molecule has 0 fully saturated rings. The van der Waals surface area contributed by atoms with Gasteiger partial charge in [-0.3, -0.25) is 28.8 Å². The Morgan fingerprint density at radius 2 is 1.35 bits per heavy atom. The normalized spacial score (nSPS) is 14.6. The van der Waals surface area contributed by atoms with Gasteiger partial charge in [-0.1, -0.05) is 13.8 Å². The molecule has 176 valence electrons. The van der Waals surface area contributed by atoms with Crippen LogP contribution in [0.5, 0.6) is 0 Å². The summed E-state index contributed by atoms with van der Waals surface area (Å²) in [5.41, 5.74) is 10.6. The highest BCUT2D eigenvalue weighted by Crippen LogP contribution is 2.08. The summed E-state index contributed by atoms with van der Waals surface area (Å²) in [6.07, 6.45) is -1.05. The van der Waals surface area contributed by atoms with Gasteiger partial charge in [-0.2, -0.15) is 0 Å². The van der Waals surface area contributed by atoms with Crippen LogP contribution in [0.15, 0.2) is 0 Å². The van der Waals surface area contributed by atoms with Crippen molar-refractivity contribution < 1.29 is 39.0 Å². The van der Waals surface area contributed by atoms with E-state index in [1.165, 1.54) is 6.92 Å². The summed E-state index contributed by atoms with van der Waals surface area (Å²) in [5.74, 6) is -5.88. The summed E-state index contributed by atoms with van der Waals surface area (Å²) in [5, 5.41) is 24.7. The Hall–Kier alpha value is -3.22. The van der Waals surface area contributed by atoms with E-state index in [-0.39, 0.29) is 18.8 Å². The summed E-state index contributed by atoms with van der Waals surface area (Å²) in [7, 11) is 0. The van der Waals surface area contributed by atoms with Crippen LogP contribution >= 0.6 is 0 Å². The molecular formula is C18H31N5O8. The number of aliphatic carboxylic acids is 2. The molecule has 0 aromatic rings. The van der Waals surface area contributed by atoms with E-state index in [9.17, 15) is 28.8 Å². The van der Waals surface area contributed by atoms with E-state index in [2.05, 4.69) is 16.0 Å². The van der Waals surface area contributed by atoms with Crippen molar-refractivity contribution in [2.24, 2.45) is 17.4 Å². The first-order valence-corrected chi connectivity index (χ1v) is 9.64. The number of carboxylic acids is 2. The molecule has 0 aromatic carbocycles. The third-order valence-corrected chi connectivity index (χ3v) is 4.11. The Bertz CT molecular complexity index is 696. The zero-order chi connectivity index (χ0) is 24.3. The van der Waals surface area contributed by atoms with E-state index in [1.807, 2.05) is 0 Å². The lowest BCUT2D eigenvalue weighted by molar-refractivity contribution is -0.142. The van der Waals surface area contributed by atoms with Gasteiger partial charge in [-0.25, -0.2) is 0 Å². The molecule has 0 spiro atoms. The second kappa shape index (κ2) is 13.2. The number of primary amides is 1. The van der Waals surface area contributed by atoms with E-state index in [1.54, 1.807) is 13.8 Å². The van der Waals surface area contributed by atoms with Crippen LogP contribution in [0.3, 0.4) is 0 Å². The zero-order valence-electron chi connectivity index (χ0n) is 17.7. The van der Waals surface area contributed by atoms with Crippen LogP contribution in [0, 0.1) is 5.92 Å². The first-order chi connectivity index (χ1) is 14.2. The minimum Gasteiger partial charge on any atom is -0.481 e. The summed E-state index contributed by atoms with van der Waals surface area (Å²) in [4.78, 5) is 70.1. The number of carboxylic acid groups (broad SMARTS) is 2. The summed E-state index contributed by atoms with van der Waals surface area (Å²) < 4.78 is 0. The highest BCUT2D eigenvalue weighted by molar-refractivity contribution is 5.95. The Morgan fingerprint density at radius 3 is 1.81 bits per heavy atom. The molecule has 13 heteroatoms. The van der Waals surface area contributed by atoms with Crippen molar-refractivity contribution in [3.63, 3.8) is 0 Å². The van der Waals surface area contributed by atoms with Gasteiger partial charge in [0.15, 0.2) is 0 Å². The number of carbonyl (C=O) groups is 6. The predicted molar refractivity (Wildman–Crippen MR) is 107 cm³/mol. The lowest BCUT2D eigenvalue weighted by Gasteiger charge is -2.25. The fraction of sp³-hybridized carbons (Fsp3) is 0.667. The maximum Gasteiger partial charge on any atom is 0.325 e. The number of amides is 4. The molecule has 0 saturated carbocycles. The van der Waals surface area contributed by atoms with E-state index in [0.717, 1.165) is 0 Å². The molecule has 4 unspecified atom stereocenters. The van der Waals surface area contributed by atoms with Crippen LogP contribution < -0.4 is 27.4 Å². The van der Waals surface area contributed by atoms with Gasteiger partial charge in [0.05, 0.1) is 12.5 Å². The minimum atomic E-state index is -1.35. The van der Waals surface area contributed by atoms with Crippen molar-refractivity contribution >= 4 is 35.6 Å². The van der Waals surface area contributed by atoms with Crippen molar-refractivity contribution in [3.05, 3.63) is 0 Å². The Kier molecular flexibility index (Phi) is 11.8. The standard InChI is InChI=1S/C18H31N5O8/c1-8(2)6-12(23-15(27)10(19)7-13(20)24)17(29)22-11(4-5-14(25)26)16(28)21-9(3)18(30)31/h8-12H,4-7,19H2,1-3H3,(H2,20,24)(H,21,28)(H,22,29)(H,23,27)(H,25,26)(H,30,31). The van der Waals surface area contributed by atoms with Gasteiger partial charge in [-0.15, -0.1) is 0 Å². The number of hydrogen-bond acceptors (Lipinski definition) is 7. The fourth-order valence-corrected chi connectivity index (χ4v) is 2.48. The van der Waals surface area contributed by atoms with E-state index >= 15 is 0 Å². The van der Waals surface area contributed by atoms with Crippen LogP contribution in [-0.2, 0) is 28.8 Å². The van der Waals surface area contributed by atoms with Crippen LogP contribution in [0.4, 0.5) is 0 Å². The van der Waals surface area contributed by atoms with Gasteiger partial charge in [-0.05, 0) is 25.7 Å². The van der Waals surface area contributed by atoms with Crippen molar-refractivity contribution in [2.45, 2.75) is 70.6 Å². The van der Waals surface area contributed by atoms with Crippen molar-refractivity contribution in [3.8, 4) is 0 Å². The second-order valence-corrected chi connectivity index (χ2v) is 7.53. The average Bonchev–Trinajstić information content (AvgIpc) is 2.62. The topological polar surface area (TPSA) is 231 Å². The molecule has 0 aliphatic heterocycles. The van der Waals surface area contributed by atoms with Crippen LogP contribution in [0.2, 0.25) is 0 Å². The van der Waals surface area contributed by atoms with Crippen molar-refractivity contribution in [1.29, 1.82) is 0 Å². The number of carbonyl (C=O) groups excluding carboxylic acids is 4. The maximum atomic E-state index is 12.7. The first kappa shape index (κ1) is 27.8. The van der Waals surface area contributed by atoms with E-state index in [4.69, 9.17) is 21.7 Å². The molecule has 0 bridgehead atoms. The average molecular weight is 445 g/mol. The molecule has 31 heavy (non-hydrogen) atoms. The van der Waals surface area contributed by atoms with Crippen molar-refractivity contribution in [2.75, 3.05) is 0 Å². The predicted octanol–water partition coefficient (Wildman–Crippen LogP) is -2.34. The molecule has 4 atom stereocenters. The number of hydrogen-bond donors (Lipinski definition) is 7. The minimum absolute atomic E-state index is 0.0678. The molecule has 0 heterocycles. The molecule has 0 rings (SSSR count). The maximum absolute atomic E-state index is 12.7. The molecule has 13 nitrogen and oxygen atoms in total. The van der Waals surface area contributed by atoms with E-state index < -0.39 is 72.6 Å². The Labute approximate surface area is 179 Å². The number of rotatable bonds is 14. The fourth-order valence-electron chi connectivity index (χ4n) is 2.48. The SMILES string of the molecule is CC(C)CC(NC(=O)C(N)CC(N)=O)C(=O)NC(CCC(=O)O)C(=O)NC(C)C(=O)O. The zero-order valence-corrected chi connectivity index (χ0v) is 17.7. The Morgan fingerprint density at radius 1 is 0.839 bits per heavy atom. The highest BCUT2D eigenvalue weighted by Gasteiger charge is 2.30. The molecule has 4 amide bonds. The molecule has 9 N–H and O–H groups in total. The third kappa shape index (κ3) is 11.5. The molecule has 0 radical (unpaired) electrons. The number of nitrogens with two attached hydrogens (primary N) is 2. The molecule has 0 saturated heterocycles. The lowest BCUT2D eigenvalue weighted by atomic mass is 10.0. The lowest BCUT2D eigenvalue weighted by Crippen LogP contribution is -2.57. The largest absolute Gasteiger partial charge is 0.481 e. The van der Waals surface area contributed by atoms with Crippen molar-refractivity contribution in [1.82, 2.24) is 16.0 Å². The van der Waals surface area contributed by atoms with Gasteiger partial charge >= 0.3 is 11.9 Å². The monoisotopic (exact) mass is 445 g/mol. The summed E-state index contributed by atoms with van der Waals surface area (Å²) in [6.45, 7) is 4.76. The third-order valence-electron chi connectivity index (χ3n) is 4.11. The molecule has 0 aliphatic rings. The van der Waals surface area contributed by atoms with Gasteiger partial charge in [0.1, 0.15) is 18.1 Å².